The zero-order valence-electron chi connectivity index (χ0n) is 19.2. The van der Waals surface area contributed by atoms with Crippen LogP contribution in [-0.2, 0) is 14.9 Å². The molecule has 1 saturated carbocycles. The molecule has 1 aromatic heterocycles. The second-order valence-electron chi connectivity index (χ2n) is 8.74. The number of nitrogens with one attached hydrogen (secondary N) is 1. The van der Waals surface area contributed by atoms with E-state index in [9.17, 15) is 14.7 Å². The van der Waals surface area contributed by atoms with Crippen LogP contribution in [0.2, 0.25) is 0 Å². The number of anilines is 1. The molecule has 3 aromatic carbocycles. The minimum atomic E-state index is -0.752. The van der Waals surface area contributed by atoms with E-state index in [1.54, 1.807) is 17.1 Å². The summed E-state index contributed by atoms with van der Waals surface area (Å²) < 4.78 is 7.27. The highest BCUT2D eigenvalue weighted by molar-refractivity contribution is 5.85. The SMILES string of the molecule is CC(OC(=O)Nc1cncn1-c1ccc(-c2ccc(C3(C(=O)O)CC3)cc2)cc1)c1ccccc1. The number of rotatable bonds is 7. The Balaban J connectivity index is 1.27. The number of carboxylic acid groups (broad SMARTS) is 1. The van der Waals surface area contributed by atoms with Gasteiger partial charge < -0.3 is 9.84 Å². The van der Waals surface area contributed by atoms with Crippen LogP contribution in [-0.4, -0.2) is 26.7 Å². The molecule has 5 rings (SSSR count). The predicted molar refractivity (Wildman–Crippen MR) is 133 cm³/mol. The fraction of sp³-hybridized carbons (Fsp3) is 0.179. The van der Waals surface area contributed by atoms with Crippen LogP contribution in [0.15, 0.2) is 91.4 Å². The lowest BCUT2D eigenvalue weighted by molar-refractivity contribution is -0.140. The summed E-state index contributed by atoms with van der Waals surface area (Å²) in [7, 11) is 0. The summed E-state index contributed by atoms with van der Waals surface area (Å²) in [5, 5.41) is 12.3. The molecule has 1 fully saturated rings. The van der Waals surface area contributed by atoms with Crippen molar-refractivity contribution in [3.63, 3.8) is 0 Å². The maximum Gasteiger partial charge on any atom is 0.413 e. The zero-order chi connectivity index (χ0) is 24.4. The normalized spacial score (nSPS) is 14.7. The first-order valence-electron chi connectivity index (χ1n) is 11.5. The molecular weight excluding hydrogens is 442 g/mol. The lowest BCUT2D eigenvalue weighted by Crippen LogP contribution is -2.19. The molecule has 0 bridgehead atoms. The number of carbonyl (C=O) groups is 2. The van der Waals surface area contributed by atoms with Crippen molar-refractivity contribution in [2.24, 2.45) is 0 Å². The largest absolute Gasteiger partial charge is 0.481 e. The first-order valence-corrected chi connectivity index (χ1v) is 11.5. The van der Waals surface area contributed by atoms with Crippen molar-refractivity contribution in [1.29, 1.82) is 0 Å². The van der Waals surface area contributed by atoms with E-state index >= 15 is 0 Å². The number of amides is 1. The van der Waals surface area contributed by atoms with E-state index in [-0.39, 0.29) is 6.10 Å². The molecule has 176 valence electrons. The number of hydrogen-bond acceptors (Lipinski definition) is 4. The molecule has 1 aliphatic rings. The van der Waals surface area contributed by atoms with Crippen molar-refractivity contribution in [3.8, 4) is 16.8 Å². The van der Waals surface area contributed by atoms with Crippen molar-refractivity contribution in [3.05, 3.63) is 103 Å². The Labute approximate surface area is 203 Å². The monoisotopic (exact) mass is 467 g/mol. The van der Waals surface area contributed by atoms with E-state index < -0.39 is 17.5 Å². The van der Waals surface area contributed by atoms with E-state index in [4.69, 9.17) is 4.74 Å². The number of nitrogens with zero attached hydrogens (tertiary/aromatic N) is 2. The average molecular weight is 468 g/mol. The highest BCUT2D eigenvalue weighted by Crippen LogP contribution is 2.48. The van der Waals surface area contributed by atoms with Crippen molar-refractivity contribution < 1.29 is 19.4 Å². The van der Waals surface area contributed by atoms with Crippen molar-refractivity contribution >= 4 is 17.9 Å². The smallest absolute Gasteiger partial charge is 0.413 e. The number of hydrogen-bond donors (Lipinski definition) is 2. The Morgan fingerprint density at radius 3 is 2.20 bits per heavy atom. The lowest BCUT2D eigenvalue weighted by atomic mass is 9.94. The van der Waals surface area contributed by atoms with Crippen molar-refractivity contribution in [1.82, 2.24) is 9.55 Å². The van der Waals surface area contributed by atoms with Gasteiger partial charge in [-0.3, -0.25) is 14.7 Å². The summed E-state index contributed by atoms with van der Waals surface area (Å²) in [6, 6.07) is 25.1. The Morgan fingerprint density at radius 2 is 1.60 bits per heavy atom. The van der Waals surface area contributed by atoms with Gasteiger partial charge in [0.2, 0.25) is 0 Å². The van der Waals surface area contributed by atoms with Gasteiger partial charge in [0.15, 0.2) is 0 Å². The van der Waals surface area contributed by atoms with Crippen LogP contribution in [0.3, 0.4) is 0 Å². The van der Waals surface area contributed by atoms with Gasteiger partial charge in [-0.05, 0) is 54.2 Å². The molecule has 4 aromatic rings. The Morgan fingerprint density at radius 1 is 0.971 bits per heavy atom. The standard InChI is InChI=1S/C28H25N3O4/c1-19(20-5-3-2-4-6-20)35-27(34)30-25-17-29-18-31(25)24-13-9-22(10-14-24)21-7-11-23(12-8-21)28(15-16-28)26(32)33/h2-14,17-19H,15-16H2,1H3,(H,30,34)(H,32,33). The maximum atomic E-state index is 12.5. The Hall–Kier alpha value is -4.39. The molecule has 1 aliphatic carbocycles. The van der Waals surface area contributed by atoms with E-state index in [0.717, 1.165) is 27.9 Å². The molecule has 0 aliphatic heterocycles. The first kappa shape index (κ1) is 22.4. The van der Waals surface area contributed by atoms with E-state index in [0.29, 0.717) is 18.7 Å². The number of carbonyl (C=O) groups excluding carboxylic acids is 1. The van der Waals surface area contributed by atoms with Crippen molar-refractivity contribution in [2.75, 3.05) is 5.32 Å². The third kappa shape index (κ3) is 4.53. The average Bonchev–Trinajstić information content (AvgIpc) is 3.58. The fourth-order valence-corrected chi connectivity index (χ4v) is 4.23. The topological polar surface area (TPSA) is 93.5 Å². The van der Waals surface area contributed by atoms with Gasteiger partial charge in [-0.2, -0.15) is 0 Å². The molecule has 1 unspecified atom stereocenters. The van der Waals surface area contributed by atoms with E-state index in [1.165, 1.54) is 0 Å². The molecule has 2 N–H and O–H groups in total. The van der Waals surface area contributed by atoms with Gasteiger partial charge in [0.05, 0.1) is 11.6 Å². The Bertz CT molecular complexity index is 1340. The number of benzene rings is 3. The summed E-state index contributed by atoms with van der Waals surface area (Å²) in [4.78, 5) is 28.2. The van der Waals surface area contributed by atoms with Crippen LogP contribution in [0.1, 0.15) is 37.0 Å². The van der Waals surface area contributed by atoms with Gasteiger partial charge in [0.1, 0.15) is 18.2 Å². The van der Waals surface area contributed by atoms with E-state index in [1.807, 2.05) is 85.8 Å². The highest BCUT2D eigenvalue weighted by Gasteiger charge is 2.51. The molecule has 1 heterocycles. The number of aliphatic carboxylic acids is 1. The van der Waals surface area contributed by atoms with Crippen LogP contribution in [0.4, 0.5) is 10.6 Å². The van der Waals surface area contributed by atoms with Gasteiger partial charge in [0.25, 0.3) is 0 Å². The van der Waals surface area contributed by atoms with Crippen LogP contribution in [0.5, 0.6) is 0 Å². The fourth-order valence-electron chi connectivity index (χ4n) is 4.23. The number of aromatic nitrogens is 2. The summed E-state index contributed by atoms with van der Waals surface area (Å²) in [5.74, 6) is -0.256. The van der Waals surface area contributed by atoms with Crippen LogP contribution in [0, 0.1) is 0 Å². The minimum Gasteiger partial charge on any atom is -0.481 e. The number of ether oxygens (including phenoxy) is 1. The quantitative estimate of drug-likeness (QED) is 0.350. The molecule has 0 radical (unpaired) electrons. The summed E-state index contributed by atoms with van der Waals surface area (Å²) in [6.07, 6.45) is 3.63. The third-order valence-corrected chi connectivity index (χ3v) is 6.50. The molecule has 7 nitrogen and oxygen atoms in total. The Kier molecular flexibility index (Phi) is 5.82. The van der Waals surface area contributed by atoms with Gasteiger partial charge in [0, 0.05) is 5.69 Å². The summed E-state index contributed by atoms with van der Waals surface area (Å²) in [5.41, 5.74) is 3.91. The molecule has 7 heteroatoms. The van der Waals surface area contributed by atoms with Gasteiger partial charge in [-0.25, -0.2) is 9.78 Å². The molecule has 0 saturated heterocycles. The number of carboxylic acids is 1. The molecule has 0 spiro atoms. The molecule has 35 heavy (non-hydrogen) atoms. The summed E-state index contributed by atoms with van der Waals surface area (Å²) in [6.45, 7) is 1.82. The predicted octanol–water partition coefficient (Wildman–Crippen LogP) is 5.97. The van der Waals surface area contributed by atoms with Crippen LogP contribution >= 0.6 is 0 Å². The summed E-state index contributed by atoms with van der Waals surface area (Å²) >= 11 is 0. The minimum absolute atomic E-state index is 0.386. The number of imidazole rings is 1. The second-order valence-corrected chi connectivity index (χ2v) is 8.74. The second kappa shape index (κ2) is 9.10. The third-order valence-electron chi connectivity index (χ3n) is 6.50. The lowest BCUT2D eigenvalue weighted by Gasteiger charge is -2.15. The molecular formula is C28H25N3O4. The van der Waals surface area contributed by atoms with Crippen LogP contribution < -0.4 is 5.32 Å². The van der Waals surface area contributed by atoms with Crippen LogP contribution in [0.25, 0.3) is 16.8 Å². The van der Waals surface area contributed by atoms with Gasteiger partial charge in [-0.1, -0.05) is 66.7 Å². The first-order chi connectivity index (χ1) is 17.0. The molecule has 1 atom stereocenters. The van der Waals surface area contributed by atoms with E-state index in [2.05, 4.69) is 10.3 Å². The maximum absolute atomic E-state index is 12.5. The molecule has 1 amide bonds. The van der Waals surface area contributed by atoms with Gasteiger partial charge >= 0.3 is 12.1 Å². The van der Waals surface area contributed by atoms with Crippen molar-refractivity contribution in [2.45, 2.75) is 31.3 Å². The van der Waals surface area contributed by atoms with Gasteiger partial charge in [-0.15, -0.1) is 0 Å². The highest BCUT2D eigenvalue weighted by atomic mass is 16.6. The zero-order valence-corrected chi connectivity index (χ0v) is 19.2.